The number of amides is 1. The van der Waals surface area contributed by atoms with E-state index >= 15 is 0 Å². The first-order valence-corrected chi connectivity index (χ1v) is 8.95. The third kappa shape index (κ3) is 3.41. The number of nitrogens with one attached hydrogen (secondary N) is 1. The van der Waals surface area contributed by atoms with Crippen LogP contribution in [-0.2, 0) is 11.2 Å². The van der Waals surface area contributed by atoms with E-state index in [-0.39, 0.29) is 18.3 Å². The normalized spacial score (nSPS) is 24.4. The van der Waals surface area contributed by atoms with E-state index in [2.05, 4.69) is 34.5 Å². The summed E-state index contributed by atoms with van der Waals surface area (Å²) in [5.41, 5.74) is 2.88. The molecule has 1 amide bonds. The minimum Gasteiger partial charge on any atom is -0.332 e. The second-order valence-electron chi connectivity index (χ2n) is 7.11. The predicted molar refractivity (Wildman–Crippen MR) is 94.8 cm³/mol. The summed E-state index contributed by atoms with van der Waals surface area (Å²) in [6, 6.07) is 9.62. The van der Waals surface area contributed by atoms with Gasteiger partial charge in [-0.25, -0.2) is 0 Å². The molecule has 2 aliphatic carbocycles. The summed E-state index contributed by atoms with van der Waals surface area (Å²) < 4.78 is 0. The molecule has 0 radical (unpaired) electrons. The number of hydrogen-bond acceptors (Lipinski definition) is 2. The number of aryl methyl sites for hydroxylation is 1. The van der Waals surface area contributed by atoms with E-state index in [9.17, 15) is 4.79 Å². The molecule has 1 heterocycles. The molecule has 2 fully saturated rings. The fraction of sp³-hybridized carbons (Fsp3) is 0.632. The molecule has 1 saturated carbocycles. The highest BCUT2D eigenvalue weighted by Crippen LogP contribution is 2.42. The summed E-state index contributed by atoms with van der Waals surface area (Å²) in [4.78, 5) is 15.5. The van der Waals surface area contributed by atoms with Crippen LogP contribution in [0.25, 0.3) is 0 Å². The van der Waals surface area contributed by atoms with E-state index in [0.717, 1.165) is 32.4 Å². The monoisotopic (exact) mass is 334 g/mol. The Morgan fingerprint density at radius 1 is 1.04 bits per heavy atom. The van der Waals surface area contributed by atoms with Gasteiger partial charge in [0, 0.05) is 12.0 Å². The molecule has 23 heavy (non-hydrogen) atoms. The van der Waals surface area contributed by atoms with Crippen molar-refractivity contribution < 1.29 is 4.79 Å². The number of piperidine rings is 1. The number of halogens is 1. The van der Waals surface area contributed by atoms with Crippen molar-refractivity contribution in [3.8, 4) is 0 Å². The number of carbonyl (C=O) groups is 1. The van der Waals surface area contributed by atoms with Gasteiger partial charge in [-0.2, -0.15) is 0 Å². The lowest BCUT2D eigenvalue weighted by atomic mass is 9.85. The molecule has 1 unspecified atom stereocenters. The highest BCUT2D eigenvalue weighted by Gasteiger charge is 2.41. The molecule has 1 N–H and O–H groups in total. The van der Waals surface area contributed by atoms with Crippen LogP contribution in [0.2, 0.25) is 0 Å². The van der Waals surface area contributed by atoms with Crippen LogP contribution in [0, 0.1) is 5.92 Å². The van der Waals surface area contributed by atoms with Crippen LogP contribution in [0.1, 0.15) is 55.7 Å². The topological polar surface area (TPSA) is 32.3 Å². The van der Waals surface area contributed by atoms with Gasteiger partial charge in [-0.05, 0) is 69.2 Å². The zero-order chi connectivity index (χ0) is 14.9. The lowest BCUT2D eigenvalue weighted by Crippen LogP contribution is -2.44. The molecule has 0 aromatic heterocycles. The van der Waals surface area contributed by atoms with Crippen molar-refractivity contribution in [3.05, 3.63) is 35.4 Å². The van der Waals surface area contributed by atoms with E-state index < -0.39 is 0 Å². The lowest BCUT2D eigenvalue weighted by Gasteiger charge is -2.39. The molecule has 126 valence electrons. The Morgan fingerprint density at radius 3 is 2.52 bits per heavy atom. The molecular weight excluding hydrogens is 308 g/mol. The van der Waals surface area contributed by atoms with Crippen LogP contribution in [0.15, 0.2) is 24.3 Å². The summed E-state index contributed by atoms with van der Waals surface area (Å²) in [5.74, 6) is 0.682. The number of benzene rings is 1. The maximum absolute atomic E-state index is 13.2. The van der Waals surface area contributed by atoms with E-state index in [1.165, 1.54) is 36.8 Å². The van der Waals surface area contributed by atoms with Crippen LogP contribution in [0.4, 0.5) is 0 Å². The van der Waals surface area contributed by atoms with Gasteiger partial charge in [-0.3, -0.25) is 4.79 Å². The Labute approximate surface area is 145 Å². The van der Waals surface area contributed by atoms with Gasteiger partial charge in [0.15, 0.2) is 0 Å². The van der Waals surface area contributed by atoms with Gasteiger partial charge in [0.1, 0.15) is 0 Å². The fourth-order valence-corrected chi connectivity index (χ4v) is 4.24. The van der Waals surface area contributed by atoms with Gasteiger partial charge in [-0.15, -0.1) is 12.4 Å². The second-order valence-corrected chi connectivity index (χ2v) is 7.11. The predicted octanol–water partition coefficient (Wildman–Crippen LogP) is 3.48. The van der Waals surface area contributed by atoms with Crippen LogP contribution < -0.4 is 5.32 Å². The number of fused-ring (bicyclic) bond motifs is 1. The largest absolute Gasteiger partial charge is 0.332 e. The van der Waals surface area contributed by atoms with Crippen LogP contribution in [-0.4, -0.2) is 29.9 Å². The number of nitrogens with zero attached hydrogens (tertiary/aromatic N) is 1. The minimum atomic E-state index is 0. The first-order chi connectivity index (χ1) is 10.8. The van der Waals surface area contributed by atoms with Crippen molar-refractivity contribution >= 4 is 18.3 Å². The maximum Gasteiger partial charge on any atom is 0.226 e. The molecule has 4 heteroatoms. The molecular formula is C19H27ClN2O. The van der Waals surface area contributed by atoms with Crippen molar-refractivity contribution in [1.29, 1.82) is 0 Å². The Bertz CT molecular complexity index is 552. The molecule has 1 atom stereocenters. The highest BCUT2D eigenvalue weighted by atomic mass is 35.5. The van der Waals surface area contributed by atoms with Crippen molar-refractivity contribution in [2.45, 2.75) is 57.0 Å². The zero-order valence-corrected chi connectivity index (χ0v) is 14.5. The van der Waals surface area contributed by atoms with Gasteiger partial charge in [-0.1, -0.05) is 24.3 Å². The Hall–Kier alpha value is -1.06. The summed E-state index contributed by atoms with van der Waals surface area (Å²) in [6.45, 7) is 1.99. The van der Waals surface area contributed by atoms with Crippen molar-refractivity contribution in [1.82, 2.24) is 10.2 Å². The van der Waals surface area contributed by atoms with E-state index in [4.69, 9.17) is 0 Å². The molecule has 0 bridgehead atoms. The summed E-state index contributed by atoms with van der Waals surface area (Å²) >= 11 is 0. The van der Waals surface area contributed by atoms with Gasteiger partial charge in [0.25, 0.3) is 0 Å². The van der Waals surface area contributed by atoms with E-state index in [0.29, 0.717) is 18.0 Å². The van der Waals surface area contributed by atoms with Gasteiger partial charge < -0.3 is 10.2 Å². The minimum absolute atomic E-state index is 0. The van der Waals surface area contributed by atoms with Crippen molar-refractivity contribution in [3.63, 3.8) is 0 Å². The number of rotatable bonds is 3. The molecule has 1 saturated heterocycles. The molecule has 0 spiro atoms. The van der Waals surface area contributed by atoms with Crippen LogP contribution in [0.3, 0.4) is 0 Å². The number of carbonyl (C=O) groups excluding carboxylic acids is 1. The summed E-state index contributed by atoms with van der Waals surface area (Å²) in [7, 11) is 0. The summed E-state index contributed by atoms with van der Waals surface area (Å²) in [6.07, 6.45) is 7.96. The van der Waals surface area contributed by atoms with E-state index in [1.54, 1.807) is 0 Å². The van der Waals surface area contributed by atoms with Crippen molar-refractivity contribution in [2.24, 2.45) is 5.92 Å². The molecule has 4 rings (SSSR count). The Kier molecular flexibility index (Phi) is 5.27. The second kappa shape index (κ2) is 7.23. The zero-order valence-electron chi connectivity index (χ0n) is 13.7. The fourth-order valence-electron chi connectivity index (χ4n) is 4.24. The Morgan fingerprint density at radius 2 is 1.78 bits per heavy atom. The Balaban J connectivity index is 0.00000156. The SMILES string of the molecule is Cl.O=C(C1CCNCC1)N(C1CC1)C1CCCc2ccccc21. The highest BCUT2D eigenvalue weighted by molar-refractivity contribution is 5.85. The third-order valence-electron chi connectivity index (χ3n) is 5.56. The quantitative estimate of drug-likeness (QED) is 0.918. The first kappa shape index (κ1) is 16.8. The number of hydrogen-bond donors (Lipinski definition) is 1. The van der Waals surface area contributed by atoms with Crippen molar-refractivity contribution in [2.75, 3.05) is 13.1 Å². The standard InChI is InChI=1S/C19H26N2O.ClH/c22-19(15-10-12-20-13-11-15)21(16-8-9-16)18-7-3-5-14-4-1-2-6-17(14)18;/h1-2,4,6,15-16,18,20H,3,5,7-13H2;1H. The molecule has 1 aromatic carbocycles. The molecule has 1 aromatic rings. The van der Waals surface area contributed by atoms with Crippen LogP contribution >= 0.6 is 12.4 Å². The molecule has 1 aliphatic heterocycles. The molecule has 3 aliphatic rings. The lowest BCUT2D eigenvalue weighted by molar-refractivity contribution is -0.140. The first-order valence-electron chi connectivity index (χ1n) is 8.95. The average Bonchev–Trinajstić information content (AvgIpc) is 3.41. The van der Waals surface area contributed by atoms with Gasteiger partial charge >= 0.3 is 0 Å². The van der Waals surface area contributed by atoms with Gasteiger partial charge in [0.05, 0.1) is 6.04 Å². The smallest absolute Gasteiger partial charge is 0.226 e. The van der Waals surface area contributed by atoms with E-state index in [1.807, 2.05) is 0 Å². The summed E-state index contributed by atoms with van der Waals surface area (Å²) in [5, 5.41) is 3.38. The third-order valence-corrected chi connectivity index (χ3v) is 5.56. The van der Waals surface area contributed by atoms with Crippen LogP contribution in [0.5, 0.6) is 0 Å². The maximum atomic E-state index is 13.2. The van der Waals surface area contributed by atoms with Gasteiger partial charge in [0.2, 0.25) is 5.91 Å². The average molecular weight is 335 g/mol. The molecule has 3 nitrogen and oxygen atoms in total.